The Balaban J connectivity index is 1.73. The molecule has 140 valence electrons. The van der Waals surface area contributed by atoms with Crippen LogP contribution in [0.1, 0.15) is 6.92 Å². The first-order valence-corrected chi connectivity index (χ1v) is 9.50. The Morgan fingerprint density at radius 1 is 1.00 bits per heavy atom. The van der Waals surface area contributed by atoms with E-state index in [-0.39, 0.29) is 6.17 Å². The summed E-state index contributed by atoms with van der Waals surface area (Å²) in [4.78, 5) is 8.77. The molecule has 4 rings (SSSR count). The molecule has 0 amide bonds. The number of piperazine rings is 1. The van der Waals surface area contributed by atoms with Gasteiger partial charge in [0.15, 0.2) is 5.82 Å². The van der Waals surface area contributed by atoms with E-state index in [4.69, 9.17) is 17.3 Å². The summed E-state index contributed by atoms with van der Waals surface area (Å²) in [6.45, 7) is 5.67. The lowest BCUT2D eigenvalue weighted by Gasteiger charge is -2.37. The number of nitrogens with two attached hydrogens (primary N) is 1. The third-order valence-corrected chi connectivity index (χ3v) is 5.29. The largest absolute Gasteiger partial charge is 0.352 e. The van der Waals surface area contributed by atoms with Crippen molar-refractivity contribution in [1.82, 2.24) is 20.1 Å². The summed E-state index contributed by atoms with van der Waals surface area (Å²) in [5, 5.41) is 8.65. The second-order valence-corrected chi connectivity index (χ2v) is 7.24. The molecule has 7 heteroatoms. The minimum atomic E-state index is 0.0793. The van der Waals surface area contributed by atoms with Gasteiger partial charge in [-0.15, -0.1) is 0 Å². The van der Waals surface area contributed by atoms with Crippen LogP contribution in [0.3, 0.4) is 0 Å². The number of nitrogens with zero attached hydrogens (tertiary/aromatic N) is 4. The number of rotatable bonds is 4. The van der Waals surface area contributed by atoms with E-state index in [1.807, 2.05) is 55.7 Å². The standard InChI is InChI=1S/C20H23ClN6/c1-14(22)26-10-12-27(13-11-26)20-18(15-6-8-23-9-7-15)19(24-25-20)16-2-4-17(21)5-3-16/h2-9,14H,10-13,22H2,1H3,(H,24,25). The molecule has 1 fully saturated rings. The number of hydrogen-bond acceptors (Lipinski definition) is 5. The number of halogens is 1. The van der Waals surface area contributed by atoms with Crippen LogP contribution in [0.4, 0.5) is 5.82 Å². The van der Waals surface area contributed by atoms with Gasteiger partial charge in [-0.2, -0.15) is 5.10 Å². The average Bonchev–Trinajstić information content (AvgIpc) is 3.14. The van der Waals surface area contributed by atoms with Gasteiger partial charge in [0, 0.05) is 49.2 Å². The van der Waals surface area contributed by atoms with Crippen molar-refractivity contribution >= 4 is 17.4 Å². The molecule has 3 heterocycles. The second-order valence-electron chi connectivity index (χ2n) is 6.80. The molecule has 6 nitrogen and oxygen atoms in total. The van der Waals surface area contributed by atoms with Gasteiger partial charge in [0.2, 0.25) is 0 Å². The summed E-state index contributed by atoms with van der Waals surface area (Å²) in [7, 11) is 0. The molecule has 0 aliphatic carbocycles. The molecule has 3 aromatic rings. The highest BCUT2D eigenvalue weighted by Crippen LogP contribution is 2.38. The number of pyridine rings is 1. The minimum absolute atomic E-state index is 0.0793. The molecule has 0 saturated carbocycles. The monoisotopic (exact) mass is 382 g/mol. The summed E-state index contributed by atoms with van der Waals surface area (Å²) in [5.74, 6) is 0.968. The second kappa shape index (κ2) is 7.68. The Morgan fingerprint density at radius 2 is 1.67 bits per heavy atom. The molecule has 1 atom stereocenters. The lowest BCUT2D eigenvalue weighted by molar-refractivity contribution is 0.201. The van der Waals surface area contributed by atoms with Crippen LogP contribution >= 0.6 is 11.6 Å². The Labute approximate surface area is 164 Å². The summed E-state index contributed by atoms with van der Waals surface area (Å²) >= 11 is 6.06. The van der Waals surface area contributed by atoms with E-state index in [1.54, 1.807) is 0 Å². The van der Waals surface area contributed by atoms with E-state index in [0.717, 1.165) is 59.4 Å². The lowest BCUT2D eigenvalue weighted by Crippen LogP contribution is -2.52. The fourth-order valence-corrected chi connectivity index (χ4v) is 3.65. The van der Waals surface area contributed by atoms with Crippen molar-refractivity contribution in [3.05, 3.63) is 53.8 Å². The minimum Gasteiger partial charge on any atom is -0.352 e. The summed E-state index contributed by atoms with van der Waals surface area (Å²) in [6, 6.07) is 11.9. The molecule has 2 aromatic heterocycles. The van der Waals surface area contributed by atoms with Crippen LogP contribution in [0.2, 0.25) is 5.02 Å². The van der Waals surface area contributed by atoms with Crippen molar-refractivity contribution in [3.8, 4) is 22.4 Å². The Hall–Kier alpha value is -2.41. The van der Waals surface area contributed by atoms with Crippen molar-refractivity contribution in [2.45, 2.75) is 13.1 Å². The van der Waals surface area contributed by atoms with Gasteiger partial charge in [0.05, 0.1) is 17.4 Å². The zero-order chi connectivity index (χ0) is 18.8. The van der Waals surface area contributed by atoms with Gasteiger partial charge in [-0.05, 0) is 36.8 Å². The predicted molar refractivity (Wildman–Crippen MR) is 110 cm³/mol. The van der Waals surface area contributed by atoms with E-state index in [1.165, 1.54) is 0 Å². The maximum Gasteiger partial charge on any atom is 0.159 e. The van der Waals surface area contributed by atoms with Gasteiger partial charge in [-0.3, -0.25) is 15.0 Å². The average molecular weight is 383 g/mol. The molecule has 0 bridgehead atoms. The number of aromatic nitrogens is 3. The molecule has 0 spiro atoms. The van der Waals surface area contributed by atoms with E-state index >= 15 is 0 Å². The molecule has 1 unspecified atom stereocenters. The molecular formula is C20H23ClN6. The Kier molecular flexibility index (Phi) is 5.11. The first kappa shape index (κ1) is 18.0. The number of aromatic amines is 1. The first-order chi connectivity index (χ1) is 13.1. The quantitative estimate of drug-likeness (QED) is 0.724. The van der Waals surface area contributed by atoms with E-state index < -0.39 is 0 Å². The van der Waals surface area contributed by atoms with E-state index in [0.29, 0.717) is 0 Å². The number of H-pyrrole nitrogens is 1. The topological polar surface area (TPSA) is 74.1 Å². The highest BCUT2D eigenvalue weighted by molar-refractivity contribution is 6.30. The molecule has 1 aliphatic rings. The maximum absolute atomic E-state index is 6.06. The molecule has 0 radical (unpaired) electrons. The van der Waals surface area contributed by atoms with Gasteiger partial charge in [-0.1, -0.05) is 23.7 Å². The SMILES string of the molecule is CC(N)N1CCN(c2n[nH]c(-c3ccc(Cl)cc3)c2-c2ccncc2)CC1. The van der Waals surface area contributed by atoms with Crippen LogP contribution in [-0.4, -0.2) is 52.4 Å². The van der Waals surface area contributed by atoms with Crippen molar-refractivity contribution < 1.29 is 0 Å². The van der Waals surface area contributed by atoms with E-state index in [9.17, 15) is 0 Å². The lowest BCUT2D eigenvalue weighted by atomic mass is 10.0. The summed E-state index contributed by atoms with van der Waals surface area (Å²) in [6.07, 6.45) is 3.70. The number of anilines is 1. The van der Waals surface area contributed by atoms with Crippen molar-refractivity contribution in [3.63, 3.8) is 0 Å². The fourth-order valence-electron chi connectivity index (χ4n) is 3.52. The maximum atomic E-state index is 6.06. The Morgan fingerprint density at radius 3 is 2.30 bits per heavy atom. The van der Waals surface area contributed by atoms with Gasteiger partial charge >= 0.3 is 0 Å². The molecule has 1 aromatic carbocycles. The number of nitrogens with one attached hydrogen (secondary N) is 1. The van der Waals surface area contributed by atoms with Crippen LogP contribution < -0.4 is 10.6 Å². The smallest absolute Gasteiger partial charge is 0.159 e. The van der Waals surface area contributed by atoms with Crippen LogP contribution in [0.15, 0.2) is 48.8 Å². The third kappa shape index (κ3) is 3.69. The highest BCUT2D eigenvalue weighted by Gasteiger charge is 2.25. The van der Waals surface area contributed by atoms with Crippen LogP contribution in [0.5, 0.6) is 0 Å². The van der Waals surface area contributed by atoms with Crippen LogP contribution in [0.25, 0.3) is 22.4 Å². The van der Waals surface area contributed by atoms with Crippen molar-refractivity contribution in [2.24, 2.45) is 5.73 Å². The summed E-state index contributed by atoms with van der Waals surface area (Å²) in [5.41, 5.74) is 10.3. The highest BCUT2D eigenvalue weighted by atomic mass is 35.5. The summed E-state index contributed by atoms with van der Waals surface area (Å²) < 4.78 is 0. The zero-order valence-electron chi connectivity index (χ0n) is 15.3. The van der Waals surface area contributed by atoms with Gasteiger partial charge in [0.1, 0.15) is 0 Å². The first-order valence-electron chi connectivity index (χ1n) is 9.13. The normalized spacial score (nSPS) is 16.5. The zero-order valence-corrected chi connectivity index (χ0v) is 16.0. The van der Waals surface area contributed by atoms with E-state index in [2.05, 4.69) is 25.0 Å². The molecule has 1 saturated heterocycles. The fraction of sp³-hybridized carbons (Fsp3) is 0.300. The Bertz CT molecular complexity index is 883. The van der Waals surface area contributed by atoms with Gasteiger partial charge in [0.25, 0.3) is 0 Å². The third-order valence-electron chi connectivity index (χ3n) is 5.04. The van der Waals surface area contributed by atoms with Crippen LogP contribution in [-0.2, 0) is 0 Å². The van der Waals surface area contributed by atoms with Crippen molar-refractivity contribution in [1.29, 1.82) is 0 Å². The van der Waals surface area contributed by atoms with Crippen LogP contribution in [0, 0.1) is 0 Å². The molecular weight excluding hydrogens is 360 g/mol. The van der Waals surface area contributed by atoms with Gasteiger partial charge < -0.3 is 10.6 Å². The predicted octanol–water partition coefficient (Wildman–Crippen LogP) is 3.22. The molecule has 3 N–H and O–H groups in total. The number of hydrogen-bond donors (Lipinski definition) is 2. The molecule has 1 aliphatic heterocycles. The molecule has 27 heavy (non-hydrogen) atoms. The number of benzene rings is 1. The van der Waals surface area contributed by atoms with Crippen molar-refractivity contribution in [2.75, 3.05) is 31.1 Å². The van der Waals surface area contributed by atoms with Gasteiger partial charge in [-0.25, -0.2) is 0 Å².